The number of hydrogen-bond acceptors (Lipinski definition) is 5. The number of ether oxygens (including phenoxy) is 1. The lowest BCUT2D eigenvalue weighted by Gasteiger charge is -2.17. The molecule has 0 fully saturated rings. The lowest BCUT2D eigenvalue weighted by atomic mass is 10.1. The Balaban J connectivity index is 1.39. The van der Waals surface area contributed by atoms with Gasteiger partial charge in [-0.1, -0.05) is 67.4 Å². The summed E-state index contributed by atoms with van der Waals surface area (Å²) in [5, 5.41) is 5.97. The number of halogens is 1. The molecule has 4 aromatic carbocycles. The Labute approximate surface area is 249 Å². The Hall–Kier alpha value is -4.07. The van der Waals surface area contributed by atoms with Gasteiger partial charge in [0.1, 0.15) is 5.25 Å². The van der Waals surface area contributed by atoms with Crippen molar-refractivity contribution in [2.45, 2.75) is 36.3 Å². The van der Waals surface area contributed by atoms with Crippen LogP contribution >= 0.6 is 23.4 Å². The molecule has 6 nitrogen and oxygen atoms in total. The summed E-state index contributed by atoms with van der Waals surface area (Å²) in [4.78, 5) is 39.0. The maximum absolute atomic E-state index is 13.4. The van der Waals surface area contributed by atoms with Crippen molar-refractivity contribution in [1.82, 2.24) is 0 Å². The second-order valence-corrected chi connectivity index (χ2v) is 11.0. The van der Waals surface area contributed by atoms with E-state index in [4.69, 9.17) is 16.3 Å². The molecule has 210 valence electrons. The normalized spacial score (nSPS) is 11.4. The van der Waals surface area contributed by atoms with Gasteiger partial charge in [-0.15, -0.1) is 11.8 Å². The quantitative estimate of drug-likeness (QED) is 0.0999. The van der Waals surface area contributed by atoms with E-state index < -0.39 is 5.25 Å². The van der Waals surface area contributed by atoms with Gasteiger partial charge in [-0.05, 0) is 78.2 Å². The minimum Gasteiger partial charge on any atom is -0.462 e. The van der Waals surface area contributed by atoms with Crippen LogP contribution < -0.4 is 10.6 Å². The van der Waals surface area contributed by atoms with Gasteiger partial charge >= 0.3 is 5.97 Å². The molecule has 0 aliphatic rings. The molecular formula is C33H31ClN2O4S. The highest BCUT2D eigenvalue weighted by molar-refractivity contribution is 8.00. The van der Waals surface area contributed by atoms with Crippen LogP contribution in [0.25, 0.3) is 0 Å². The van der Waals surface area contributed by atoms with E-state index in [0.717, 1.165) is 28.9 Å². The molecule has 0 heterocycles. The van der Waals surface area contributed by atoms with Crippen LogP contribution in [0.4, 0.5) is 11.4 Å². The number of amides is 2. The molecule has 2 N–H and O–H groups in total. The molecule has 0 aromatic heterocycles. The van der Waals surface area contributed by atoms with Crippen molar-refractivity contribution in [3.8, 4) is 0 Å². The molecule has 1 unspecified atom stereocenters. The molecule has 4 rings (SSSR count). The molecule has 0 saturated heterocycles. The van der Waals surface area contributed by atoms with Crippen LogP contribution in [0, 0.1) is 0 Å². The van der Waals surface area contributed by atoms with Gasteiger partial charge in [-0.25, -0.2) is 4.79 Å². The Morgan fingerprint density at radius 3 is 2.10 bits per heavy atom. The van der Waals surface area contributed by atoms with Gasteiger partial charge in [-0.2, -0.15) is 0 Å². The summed E-state index contributed by atoms with van der Waals surface area (Å²) in [6, 6.07) is 30.8. The Morgan fingerprint density at radius 1 is 0.805 bits per heavy atom. The van der Waals surface area contributed by atoms with Gasteiger partial charge in [0.2, 0.25) is 11.8 Å². The van der Waals surface area contributed by atoms with E-state index in [1.165, 1.54) is 11.8 Å². The fourth-order valence-electron chi connectivity index (χ4n) is 3.94. The zero-order valence-electron chi connectivity index (χ0n) is 22.6. The summed E-state index contributed by atoms with van der Waals surface area (Å²) < 4.78 is 5.25. The summed E-state index contributed by atoms with van der Waals surface area (Å²) in [7, 11) is 0. The van der Waals surface area contributed by atoms with Crippen LogP contribution in [-0.2, 0) is 20.7 Å². The first-order valence-corrected chi connectivity index (χ1v) is 14.6. The third-order valence-corrected chi connectivity index (χ3v) is 7.65. The van der Waals surface area contributed by atoms with Crippen LogP contribution in [0.3, 0.4) is 0 Å². The smallest absolute Gasteiger partial charge is 0.338 e. The summed E-state index contributed by atoms with van der Waals surface area (Å²) in [5.74, 6) is -0.701. The third-order valence-electron chi connectivity index (χ3n) is 6.13. The van der Waals surface area contributed by atoms with Gasteiger partial charge in [-0.3, -0.25) is 9.59 Å². The SMILES string of the molecule is CCCCOC(=O)c1ccc(NC(=O)C(Sc2ccc(NC(=O)Cc3ccc(Cl)cc3)cc2)c2ccccc2)cc1. The van der Waals surface area contributed by atoms with Gasteiger partial charge in [0.15, 0.2) is 0 Å². The first-order chi connectivity index (χ1) is 19.9. The number of thioether (sulfide) groups is 1. The third kappa shape index (κ3) is 9.23. The minimum absolute atomic E-state index is 0.130. The standard InChI is InChI=1S/C33H31ClN2O4S/c1-2-3-21-40-33(39)25-11-15-28(16-12-25)36-32(38)31(24-7-5-4-6-8-24)41-29-19-17-27(18-20-29)35-30(37)22-23-9-13-26(34)14-10-23/h4-20,31H,2-3,21-22H2,1H3,(H,35,37)(H,36,38). The number of esters is 1. The van der Waals surface area contributed by atoms with Crippen molar-refractivity contribution in [3.63, 3.8) is 0 Å². The highest BCUT2D eigenvalue weighted by Crippen LogP contribution is 2.36. The second-order valence-electron chi connectivity index (χ2n) is 9.34. The number of anilines is 2. The number of nitrogens with one attached hydrogen (secondary N) is 2. The highest BCUT2D eigenvalue weighted by Gasteiger charge is 2.22. The molecular weight excluding hydrogens is 556 g/mol. The zero-order valence-corrected chi connectivity index (χ0v) is 24.2. The zero-order chi connectivity index (χ0) is 29.0. The predicted molar refractivity (Wildman–Crippen MR) is 166 cm³/mol. The van der Waals surface area contributed by atoms with E-state index in [0.29, 0.717) is 28.6 Å². The average Bonchev–Trinajstić information content (AvgIpc) is 2.98. The van der Waals surface area contributed by atoms with E-state index in [-0.39, 0.29) is 24.2 Å². The molecule has 41 heavy (non-hydrogen) atoms. The summed E-state index contributed by atoms with van der Waals surface area (Å²) in [6.45, 7) is 2.42. The summed E-state index contributed by atoms with van der Waals surface area (Å²) in [6.07, 6.45) is 2.01. The first-order valence-electron chi connectivity index (χ1n) is 13.4. The van der Waals surface area contributed by atoms with Gasteiger partial charge in [0, 0.05) is 21.3 Å². The van der Waals surface area contributed by atoms with Crippen LogP contribution in [-0.4, -0.2) is 24.4 Å². The molecule has 0 radical (unpaired) electrons. The topological polar surface area (TPSA) is 84.5 Å². The van der Waals surface area contributed by atoms with E-state index in [2.05, 4.69) is 10.6 Å². The van der Waals surface area contributed by atoms with Gasteiger partial charge in [0.05, 0.1) is 18.6 Å². The van der Waals surface area contributed by atoms with Crippen molar-refractivity contribution in [1.29, 1.82) is 0 Å². The number of carbonyl (C=O) groups is 3. The maximum Gasteiger partial charge on any atom is 0.338 e. The van der Waals surface area contributed by atoms with Crippen LogP contribution in [0.1, 0.15) is 46.5 Å². The van der Waals surface area contributed by atoms with Crippen molar-refractivity contribution in [2.24, 2.45) is 0 Å². The largest absolute Gasteiger partial charge is 0.462 e. The van der Waals surface area contributed by atoms with Gasteiger partial charge in [0.25, 0.3) is 0 Å². The Bertz CT molecular complexity index is 1440. The fraction of sp³-hybridized carbons (Fsp3) is 0.182. The monoisotopic (exact) mass is 586 g/mol. The molecule has 4 aromatic rings. The van der Waals surface area contributed by atoms with E-state index in [1.54, 1.807) is 36.4 Å². The highest BCUT2D eigenvalue weighted by atomic mass is 35.5. The van der Waals surface area contributed by atoms with E-state index in [9.17, 15) is 14.4 Å². The molecule has 0 bridgehead atoms. The van der Waals surface area contributed by atoms with Crippen LogP contribution in [0.5, 0.6) is 0 Å². The summed E-state index contributed by atoms with van der Waals surface area (Å²) in [5.41, 5.74) is 3.42. The van der Waals surface area contributed by atoms with E-state index in [1.807, 2.05) is 73.7 Å². The molecule has 2 amide bonds. The molecule has 0 aliphatic carbocycles. The molecule has 0 aliphatic heterocycles. The first kappa shape index (κ1) is 29.9. The van der Waals surface area contributed by atoms with Crippen molar-refractivity contribution < 1.29 is 19.1 Å². The Kier molecular flexibility index (Phi) is 11.0. The summed E-state index contributed by atoms with van der Waals surface area (Å²) >= 11 is 7.33. The number of rotatable bonds is 12. The second kappa shape index (κ2) is 15.1. The lowest BCUT2D eigenvalue weighted by molar-refractivity contribution is -0.116. The van der Waals surface area contributed by atoms with Crippen molar-refractivity contribution in [2.75, 3.05) is 17.2 Å². The lowest BCUT2D eigenvalue weighted by Crippen LogP contribution is -2.19. The molecule has 0 spiro atoms. The van der Waals surface area contributed by atoms with Crippen molar-refractivity contribution >= 4 is 52.5 Å². The number of carbonyl (C=O) groups excluding carboxylic acids is 3. The molecule has 8 heteroatoms. The Morgan fingerprint density at radius 2 is 1.44 bits per heavy atom. The maximum atomic E-state index is 13.4. The number of hydrogen-bond donors (Lipinski definition) is 2. The minimum atomic E-state index is -0.528. The van der Waals surface area contributed by atoms with Gasteiger partial charge < -0.3 is 15.4 Å². The van der Waals surface area contributed by atoms with Crippen molar-refractivity contribution in [3.05, 3.63) is 125 Å². The average molecular weight is 587 g/mol. The molecule has 1 atom stereocenters. The predicted octanol–water partition coefficient (Wildman–Crippen LogP) is 7.95. The fourth-order valence-corrected chi connectivity index (χ4v) is 5.09. The number of unbranched alkanes of at least 4 members (excludes halogenated alkanes) is 1. The van der Waals surface area contributed by atoms with Crippen LogP contribution in [0.2, 0.25) is 5.02 Å². The van der Waals surface area contributed by atoms with Crippen LogP contribution in [0.15, 0.2) is 108 Å². The molecule has 0 saturated carbocycles. The van der Waals surface area contributed by atoms with E-state index >= 15 is 0 Å². The number of benzene rings is 4.